The Morgan fingerprint density at radius 2 is 1.89 bits per heavy atom. The maximum atomic E-state index is 6.16. The molecule has 0 spiro atoms. The molecule has 19 heavy (non-hydrogen) atoms. The number of halogens is 1. The van der Waals surface area contributed by atoms with E-state index in [1.54, 1.807) is 19.5 Å². The van der Waals surface area contributed by atoms with Crippen molar-refractivity contribution in [2.75, 3.05) is 7.11 Å². The molecule has 2 heterocycles. The number of aromatic nitrogens is 4. The van der Waals surface area contributed by atoms with Crippen LogP contribution >= 0.6 is 11.6 Å². The van der Waals surface area contributed by atoms with Crippen LogP contribution in [0.5, 0.6) is 5.88 Å². The van der Waals surface area contributed by atoms with Crippen molar-refractivity contribution in [2.24, 2.45) is 0 Å². The molecule has 6 heteroatoms. The van der Waals surface area contributed by atoms with Gasteiger partial charge in [0.15, 0.2) is 5.69 Å². The Balaban J connectivity index is 2.60. The van der Waals surface area contributed by atoms with Crippen molar-refractivity contribution >= 4 is 11.6 Å². The SMILES string of the molecule is CCCc1nc(Cl)c(C)c(-c2nccnc2OC)n1. The Hall–Kier alpha value is -1.75. The minimum atomic E-state index is 0.433. The lowest BCUT2D eigenvalue weighted by Crippen LogP contribution is -2.03. The Bertz CT molecular complexity index is 589. The maximum Gasteiger partial charge on any atom is 0.241 e. The van der Waals surface area contributed by atoms with E-state index in [1.807, 2.05) is 6.92 Å². The molecule has 0 radical (unpaired) electrons. The summed E-state index contributed by atoms with van der Waals surface area (Å²) in [6.45, 7) is 3.93. The van der Waals surface area contributed by atoms with Gasteiger partial charge in [-0.05, 0) is 13.3 Å². The number of hydrogen-bond acceptors (Lipinski definition) is 5. The van der Waals surface area contributed by atoms with Crippen molar-refractivity contribution < 1.29 is 4.74 Å². The number of nitrogens with zero attached hydrogens (tertiary/aromatic N) is 4. The molecule has 0 aliphatic carbocycles. The second kappa shape index (κ2) is 5.93. The van der Waals surface area contributed by atoms with Crippen molar-refractivity contribution in [3.63, 3.8) is 0 Å². The fourth-order valence-electron chi connectivity index (χ4n) is 1.74. The average Bonchev–Trinajstić information content (AvgIpc) is 2.43. The summed E-state index contributed by atoms with van der Waals surface area (Å²) >= 11 is 6.16. The molecular formula is C13H15ClN4O. The van der Waals surface area contributed by atoms with Crippen LogP contribution in [0.1, 0.15) is 24.7 Å². The number of rotatable bonds is 4. The molecule has 0 saturated heterocycles. The van der Waals surface area contributed by atoms with Crippen LogP contribution in [-0.2, 0) is 6.42 Å². The van der Waals surface area contributed by atoms with Gasteiger partial charge in [-0.3, -0.25) is 0 Å². The van der Waals surface area contributed by atoms with Gasteiger partial charge in [-0.15, -0.1) is 0 Å². The third kappa shape index (κ3) is 2.81. The van der Waals surface area contributed by atoms with Gasteiger partial charge in [-0.2, -0.15) is 0 Å². The zero-order chi connectivity index (χ0) is 13.8. The van der Waals surface area contributed by atoms with Crippen LogP contribution in [-0.4, -0.2) is 27.0 Å². The maximum absolute atomic E-state index is 6.16. The highest BCUT2D eigenvalue weighted by Crippen LogP contribution is 2.29. The predicted molar refractivity (Wildman–Crippen MR) is 73.4 cm³/mol. The first-order valence-corrected chi connectivity index (χ1v) is 6.43. The zero-order valence-electron chi connectivity index (χ0n) is 11.1. The molecule has 0 N–H and O–H groups in total. The van der Waals surface area contributed by atoms with Gasteiger partial charge in [0.1, 0.15) is 16.7 Å². The van der Waals surface area contributed by atoms with Crippen LogP contribution in [0.25, 0.3) is 11.4 Å². The summed E-state index contributed by atoms with van der Waals surface area (Å²) in [5.74, 6) is 1.14. The quantitative estimate of drug-likeness (QED) is 0.805. The van der Waals surface area contributed by atoms with E-state index in [1.165, 1.54) is 0 Å². The summed E-state index contributed by atoms with van der Waals surface area (Å²) in [4.78, 5) is 17.2. The fourth-order valence-corrected chi connectivity index (χ4v) is 1.92. The van der Waals surface area contributed by atoms with Gasteiger partial charge in [0, 0.05) is 24.4 Å². The smallest absolute Gasteiger partial charge is 0.241 e. The highest BCUT2D eigenvalue weighted by atomic mass is 35.5. The summed E-state index contributed by atoms with van der Waals surface area (Å²) in [7, 11) is 1.55. The molecule has 0 atom stereocenters. The fraction of sp³-hybridized carbons (Fsp3) is 0.385. The number of aryl methyl sites for hydroxylation is 1. The van der Waals surface area contributed by atoms with Crippen molar-refractivity contribution in [2.45, 2.75) is 26.7 Å². The van der Waals surface area contributed by atoms with E-state index in [0.29, 0.717) is 28.2 Å². The Labute approximate surface area is 117 Å². The van der Waals surface area contributed by atoms with E-state index < -0.39 is 0 Å². The van der Waals surface area contributed by atoms with Crippen molar-refractivity contribution in [1.29, 1.82) is 0 Å². The first kappa shape index (κ1) is 13.7. The van der Waals surface area contributed by atoms with Crippen LogP contribution in [0.15, 0.2) is 12.4 Å². The van der Waals surface area contributed by atoms with E-state index in [9.17, 15) is 0 Å². The Morgan fingerprint density at radius 3 is 2.58 bits per heavy atom. The Kier molecular flexibility index (Phi) is 4.27. The third-order valence-corrected chi connectivity index (χ3v) is 3.06. The Morgan fingerprint density at radius 1 is 1.16 bits per heavy atom. The van der Waals surface area contributed by atoms with Crippen molar-refractivity contribution in [3.05, 3.63) is 28.9 Å². The molecular weight excluding hydrogens is 264 g/mol. The van der Waals surface area contributed by atoms with E-state index in [2.05, 4.69) is 26.9 Å². The minimum absolute atomic E-state index is 0.433. The van der Waals surface area contributed by atoms with Crippen LogP contribution in [0.2, 0.25) is 5.15 Å². The molecule has 2 rings (SSSR count). The summed E-state index contributed by atoms with van der Waals surface area (Å²) in [5.41, 5.74) is 2.04. The van der Waals surface area contributed by atoms with Crippen LogP contribution in [0.3, 0.4) is 0 Å². The molecule has 100 valence electrons. The lowest BCUT2D eigenvalue weighted by atomic mass is 10.2. The van der Waals surface area contributed by atoms with Gasteiger partial charge >= 0.3 is 0 Å². The van der Waals surface area contributed by atoms with Crippen molar-refractivity contribution in [1.82, 2.24) is 19.9 Å². The minimum Gasteiger partial charge on any atom is -0.479 e. The first-order chi connectivity index (χ1) is 9.17. The highest BCUT2D eigenvalue weighted by molar-refractivity contribution is 6.30. The molecule has 5 nitrogen and oxygen atoms in total. The van der Waals surface area contributed by atoms with E-state index >= 15 is 0 Å². The summed E-state index contributed by atoms with van der Waals surface area (Å²) < 4.78 is 5.22. The van der Waals surface area contributed by atoms with Gasteiger partial charge in [-0.1, -0.05) is 18.5 Å². The van der Waals surface area contributed by atoms with Crippen LogP contribution < -0.4 is 4.74 Å². The van der Waals surface area contributed by atoms with Crippen LogP contribution in [0.4, 0.5) is 0 Å². The van der Waals surface area contributed by atoms with Gasteiger partial charge in [0.2, 0.25) is 5.88 Å². The topological polar surface area (TPSA) is 60.8 Å². The second-order valence-corrected chi connectivity index (χ2v) is 4.43. The monoisotopic (exact) mass is 278 g/mol. The van der Waals surface area contributed by atoms with E-state index in [4.69, 9.17) is 16.3 Å². The molecule has 0 unspecified atom stereocenters. The first-order valence-electron chi connectivity index (χ1n) is 6.05. The largest absolute Gasteiger partial charge is 0.479 e. The number of ether oxygens (including phenoxy) is 1. The molecule has 0 bridgehead atoms. The van der Waals surface area contributed by atoms with Gasteiger partial charge in [0.25, 0.3) is 0 Å². The molecule has 2 aromatic heterocycles. The average molecular weight is 279 g/mol. The summed E-state index contributed by atoms with van der Waals surface area (Å²) in [6.07, 6.45) is 4.91. The lowest BCUT2D eigenvalue weighted by molar-refractivity contribution is 0.397. The second-order valence-electron chi connectivity index (χ2n) is 4.07. The van der Waals surface area contributed by atoms with E-state index in [-0.39, 0.29) is 0 Å². The molecule has 0 amide bonds. The zero-order valence-corrected chi connectivity index (χ0v) is 11.9. The standard InChI is InChI=1S/C13H15ClN4O/c1-4-5-9-17-10(8(2)12(14)18-9)11-13(19-3)16-7-6-15-11/h6-7H,4-5H2,1-3H3. The molecule has 0 fully saturated rings. The molecule has 0 saturated carbocycles. The third-order valence-electron chi connectivity index (χ3n) is 2.69. The summed E-state index contributed by atoms with van der Waals surface area (Å²) in [5, 5.41) is 0.446. The van der Waals surface area contributed by atoms with E-state index in [0.717, 1.165) is 18.4 Å². The van der Waals surface area contributed by atoms with Gasteiger partial charge in [0.05, 0.1) is 7.11 Å². The predicted octanol–water partition coefficient (Wildman–Crippen LogP) is 2.86. The number of methoxy groups -OCH3 is 1. The van der Waals surface area contributed by atoms with Crippen molar-refractivity contribution in [3.8, 4) is 17.3 Å². The van der Waals surface area contributed by atoms with Gasteiger partial charge in [-0.25, -0.2) is 19.9 Å². The number of hydrogen-bond donors (Lipinski definition) is 0. The lowest BCUT2D eigenvalue weighted by Gasteiger charge is -2.10. The van der Waals surface area contributed by atoms with Crippen LogP contribution in [0, 0.1) is 6.92 Å². The molecule has 2 aromatic rings. The highest BCUT2D eigenvalue weighted by Gasteiger charge is 2.16. The van der Waals surface area contributed by atoms with Gasteiger partial charge < -0.3 is 4.74 Å². The molecule has 0 aromatic carbocycles. The molecule has 0 aliphatic rings. The summed E-state index contributed by atoms with van der Waals surface area (Å²) in [6, 6.07) is 0. The normalized spacial score (nSPS) is 10.5. The molecule has 0 aliphatic heterocycles.